The van der Waals surface area contributed by atoms with Crippen molar-refractivity contribution in [2.24, 2.45) is 0 Å². The minimum absolute atomic E-state index is 0.0294. The molecule has 0 saturated carbocycles. The minimum Gasteiger partial charge on any atom is -0.494 e. The molecule has 0 aliphatic carbocycles. The maximum absolute atomic E-state index is 14.0. The highest BCUT2D eigenvalue weighted by molar-refractivity contribution is 7.92. The Hall–Kier alpha value is -3.56. The van der Waals surface area contributed by atoms with Crippen LogP contribution in [0.5, 0.6) is 5.75 Å². The molecule has 3 aromatic rings. The van der Waals surface area contributed by atoms with Crippen molar-refractivity contribution in [3.63, 3.8) is 0 Å². The summed E-state index contributed by atoms with van der Waals surface area (Å²) in [4.78, 5) is 29.3. The number of carbonyl (C=O) groups is 2. The molecule has 43 heavy (non-hydrogen) atoms. The Labute approximate surface area is 261 Å². The first kappa shape index (κ1) is 33.9. The number of nitrogens with one attached hydrogen (secondary N) is 1. The first-order chi connectivity index (χ1) is 20.3. The van der Waals surface area contributed by atoms with Crippen LogP contribution in [0.2, 0.25) is 5.02 Å². The van der Waals surface area contributed by atoms with Crippen molar-refractivity contribution in [2.45, 2.75) is 65.1 Å². The molecule has 0 radical (unpaired) electrons. The SMILES string of the molecule is CCOc1ccc(N(CCCC(=O)N(Cc2ccccc2Cl)[C@@H](Cc2ccccc2)C(=O)NC(C)(C)C)S(C)(=O)=O)cc1. The topological polar surface area (TPSA) is 96.0 Å². The Morgan fingerprint density at radius 3 is 2.16 bits per heavy atom. The molecule has 0 aromatic heterocycles. The zero-order valence-electron chi connectivity index (χ0n) is 25.5. The quantitative estimate of drug-likeness (QED) is 0.242. The van der Waals surface area contributed by atoms with E-state index in [1.54, 1.807) is 35.2 Å². The second kappa shape index (κ2) is 15.3. The van der Waals surface area contributed by atoms with Crippen LogP contribution in [0.1, 0.15) is 51.7 Å². The highest BCUT2D eigenvalue weighted by atomic mass is 35.5. The normalized spacial score (nSPS) is 12.3. The summed E-state index contributed by atoms with van der Waals surface area (Å²) in [5.41, 5.74) is 1.59. The van der Waals surface area contributed by atoms with Crippen molar-refractivity contribution in [3.05, 3.63) is 95.0 Å². The van der Waals surface area contributed by atoms with Crippen molar-refractivity contribution < 1.29 is 22.7 Å². The lowest BCUT2D eigenvalue weighted by atomic mass is 10.00. The molecule has 0 fully saturated rings. The first-order valence-electron chi connectivity index (χ1n) is 14.4. The van der Waals surface area contributed by atoms with E-state index in [1.165, 1.54) is 4.31 Å². The summed E-state index contributed by atoms with van der Waals surface area (Å²) >= 11 is 6.50. The summed E-state index contributed by atoms with van der Waals surface area (Å²) in [6.07, 6.45) is 1.72. The molecule has 8 nitrogen and oxygen atoms in total. The van der Waals surface area contributed by atoms with Gasteiger partial charge in [0.25, 0.3) is 0 Å². The van der Waals surface area contributed by atoms with E-state index in [2.05, 4.69) is 5.32 Å². The monoisotopic (exact) mass is 627 g/mol. The van der Waals surface area contributed by atoms with Crippen LogP contribution in [0, 0.1) is 0 Å². The lowest BCUT2D eigenvalue weighted by molar-refractivity contribution is -0.142. The van der Waals surface area contributed by atoms with Gasteiger partial charge in [0.15, 0.2) is 0 Å². The molecule has 1 N–H and O–H groups in total. The van der Waals surface area contributed by atoms with Gasteiger partial charge in [-0.15, -0.1) is 0 Å². The fraction of sp³-hybridized carbons (Fsp3) is 0.394. The lowest BCUT2D eigenvalue weighted by Crippen LogP contribution is -2.54. The Bertz CT molecular complexity index is 1460. The van der Waals surface area contributed by atoms with Gasteiger partial charge in [-0.2, -0.15) is 0 Å². The van der Waals surface area contributed by atoms with Crippen LogP contribution in [0.15, 0.2) is 78.9 Å². The van der Waals surface area contributed by atoms with Crippen LogP contribution in [0.4, 0.5) is 5.69 Å². The highest BCUT2D eigenvalue weighted by Gasteiger charge is 2.32. The highest BCUT2D eigenvalue weighted by Crippen LogP contribution is 2.24. The van der Waals surface area contributed by atoms with E-state index in [0.717, 1.165) is 11.8 Å². The summed E-state index contributed by atoms with van der Waals surface area (Å²) in [6.45, 7) is 8.28. The molecule has 232 valence electrons. The average molecular weight is 628 g/mol. The van der Waals surface area contributed by atoms with Crippen LogP contribution in [-0.4, -0.2) is 56.1 Å². The van der Waals surface area contributed by atoms with Gasteiger partial charge in [-0.25, -0.2) is 8.42 Å². The number of benzene rings is 3. The summed E-state index contributed by atoms with van der Waals surface area (Å²) in [5, 5.41) is 3.54. The molecule has 10 heteroatoms. The molecule has 0 spiro atoms. The van der Waals surface area contributed by atoms with Gasteiger partial charge in [-0.05, 0) is 75.6 Å². The van der Waals surface area contributed by atoms with Crippen LogP contribution in [0.3, 0.4) is 0 Å². The van der Waals surface area contributed by atoms with Crippen LogP contribution >= 0.6 is 11.6 Å². The molecule has 0 bridgehead atoms. The third-order valence-corrected chi connectivity index (χ3v) is 8.22. The maximum atomic E-state index is 14.0. The van der Waals surface area contributed by atoms with Crippen molar-refractivity contribution in [1.29, 1.82) is 0 Å². The average Bonchev–Trinajstić information content (AvgIpc) is 2.93. The molecular formula is C33H42ClN3O5S. The molecule has 0 unspecified atom stereocenters. The van der Waals surface area contributed by atoms with Crippen LogP contribution in [-0.2, 0) is 32.6 Å². The Morgan fingerprint density at radius 1 is 0.953 bits per heavy atom. The molecule has 2 amide bonds. The van der Waals surface area contributed by atoms with E-state index in [-0.39, 0.29) is 37.7 Å². The largest absolute Gasteiger partial charge is 0.494 e. The lowest BCUT2D eigenvalue weighted by Gasteiger charge is -2.34. The number of hydrogen-bond acceptors (Lipinski definition) is 5. The fourth-order valence-electron chi connectivity index (χ4n) is 4.70. The maximum Gasteiger partial charge on any atom is 0.243 e. The molecule has 1 atom stereocenters. The van der Waals surface area contributed by atoms with E-state index in [1.807, 2.05) is 76.2 Å². The van der Waals surface area contributed by atoms with Crippen molar-refractivity contribution in [3.8, 4) is 5.75 Å². The van der Waals surface area contributed by atoms with E-state index >= 15 is 0 Å². The van der Waals surface area contributed by atoms with Crippen LogP contribution in [0.25, 0.3) is 0 Å². The van der Waals surface area contributed by atoms with Gasteiger partial charge < -0.3 is 15.0 Å². The van der Waals surface area contributed by atoms with E-state index in [0.29, 0.717) is 35.1 Å². The number of halogens is 1. The predicted molar refractivity (Wildman–Crippen MR) is 173 cm³/mol. The number of sulfonamides is 1. The molecule has 0 saturated heterocycles. The third-order valence-electron chi connectivity index (χ3n) is 6.66. The summed E-state index contributed by atoms with van der Waals surface area (Å²) in [7, 11) is -3.62. The summed E-state index contributed by atoms with van der Waals surface area (Å²) in [6, 6.07) is 22.8. The van der Waals surface area contributed by atoms with E-state index < -0.39 is 21.6 Å². The Morgan fingerprint density at radius 2 is 1.58 bits per heavy atom. The van der Waals surface area contributed by atoms with Gasteiger partial charge in [0.1, 0.15) is 11.8 Å². The number of ether oxygens (including phenoxy) is 1. The number of carbonyl (C=O) groups excluding carboxylic acids is 2. The van der Waals surface area contributed by atoms with Gasteiger partial charge in [-0.3, -0.25) is 13.9 Å². The van der Waals surface area contributed by atoms with Gasteiger partial charge in [0.05, 0.1) is 18.6 Å². The number of rotatable bonds is 14. The Kier molecular flexibility index (Phi) is 12.0. The Balaban J connectivity index is 1.89. The molecule has 3 rings (SSSR count). The molecule has 0 heterocycles. The van der Waals surface area contributed by atoms with Gasteiger partial charge in [0, 0.05) is 36.5 Å². The van der Waals surface area contributed by atoms with E-state index in [9.17, 15) is 18.0 Å². The number of amides is 2. The number of hydrogen-bond donors (Lipinski definition) is 1. The smallest absolute Gasteiger partial charge is 0.243 e. The molecule has 0 aliphatic heterocycles. The first-order valence-corrected chi connectivity index (χ1v) is 16.6. The van der Waals surface area contributed by atoms with Gasteiger partial charge in [-0.1, -0.05) is 60.1 Å². The second-order valence-corrected chi connectivity index (χ2v) is 13.7. The third kappa shape index (κ3) is 10.6. The second-order valence-electron chi connectivity index (χ2n) is 11.4. The molecule has 0 aliphatic rings. The standard InChI is InChI=1S/C33H42ClN3O5S/c1-6-42-28-20-18-27(19-21-28)37(43(5,40)41)22-12-17-31(38)36(24-26-15-10-11-16-29(26)34)30(32(39)35-33(2,3)4)23-25-13-8-7-9-14-25/h7-11,13-16,18-21,30H,6,12,17,22-24H2,1-5H3,(H,35,39)/t30-/m0/s1. The molecular weight excluding hydrogens is 586 g/mol. The summed E-state index contributed by atoms with van der Waals surface area (Å²) in [5.74, 6) is 0.0945. The van der Waals surface area contributed by atoms with E-state index in [4.69, 9.17) is 16.3 Å². The fourth-order valence-corrected chi connectivity index (χ4v) is 5.86. The van der Waals surface area contributed by atoms with Crippen molar-refractivity contribution >= 4 is 39.1 Å². The number of nitrogens with zero attached hydrogens (tertiary/aromatic N) is 2. The zero-order valence-corrected chi connectivity index (χ0v) is 27.1. The molecule has 3 aromatic carbocycles. The zero-order chi connectivity index (χ0) is 31.6. The summed E-state index contributed by atoms with van der Waals surface area (Å²) < 4.78 is 32.1. The predicted octanol–water partition coefficient (Wildman–Crippen LogP) is 5.84. The number of anilines is 1. The van der Waals surface area contributed by atoms with Gasteiger partial charge in [0.2, 0.25) is 21.8 Å². The van der Waals surface area contributed by atoms with Crippen LogP contribution < -0.4 is 14.4 Å². The van der Waals surface area contributed by atoms with Gasteiger partial charge >= 0.3 is 0 Å². The minimum atomic E-state index is -3.62. The van der Waals surface area contributed by atoms with Crippen molar-refractivity contribution in [2.75, 3.05) is 23.7 Å². The van der Waals surface area contributed by atoms with Crippen molar-refractivity contribution in [1.82, 2.24) is 10.2 Å².